The Bertz CT molecular complexity index is 271. The molecule has 1 aromatic rings. The van der Waals surface area contributed by atoms with E-state index in [2.05, 4.69) is 36.2 Å². The van der Waals surface area contributed by atoms with Crippen LogP contribution in [0.5, 0.6) is 0 Å². The van der Waals surface area contributed by atoms with Crippen LogP contribution in [0.2, 0.25) is 0 Å². The van der Waals surface area contributed by atoms with Gasteiger partial charge in [0.2, 0.25) is 5.89 Å². The lowest BCUT2D eigenvalue weighted by Crippen LogP contribution is -2.25. The van der Waals surface area contributed by atoms with Crippen molar-refractivity contribution in [2.24, 2.45) is 0 Å². The van der Waals surface area contributed by atoms with Gasteiger partial charge in [0.25, 0.3) is 0 Å². The fourth-order valence-electron chi connectivity index (χ4n) is 1.30. The van der Waals surface area contributed by atoms with E-state index < -0.39 is 0 Å². The number of hydrogen-bond donors (Lipinski definition) is 1. The van der Waals surface area contributed by atoms with Crippen molar-refractivity contribution in [3.63, 3.8) is 0 Å². The van der Waals surface area contributed by atoms with Crippen LogP contribution in [0.25, 0.3) is 0 Å². The van der Waals surface area contributed by atoms with Crippen LogP contribution >= 0.6 is 0 Å². The van der Waals surface area contributed by atoms with E-state index in [1.165, 1.54) is 6.42 Å². The molecule has 4 nitrogen and oxygen atoms in total. The van der Waals surface area contributed by atoms with Crippen molar-refractivity contribution in [2.75, 3.05) is 6.54 Å². The maximum Gasteiger partial charge on any atom is 0.227 e. The van der Waals surface area contributed by atoms with Crippen molar-refractivity contribution in [3.05, 3.63) is 11.7 Å². The van der Waals surface area contributed by atoms with Gasteiger partial charge in [-0.15, -0.1) is 0 Å². The summed E-state index contributed by atoms with van der Waals surface area (Å²) in [4.78, 5) is 4.33. The quantitative estimate of drug-likeness (QED) is 0.749. The zero-order valence-electron chi connectivity index (χ0n) is 9.92. The fraction of sp³-hybridized carbons (Fsp3) is 0.818. The van der Waals surface area contributed by atoms with Gasteiger partial charge in [-0.3, -0.25) is 0 Å². The SMILES string of the molecule is CCCCc1noc(CCNC(C)C)n1. The Morgan fingerprint density at radius 2 is 2.13 bits per heavy atom. The van der Waals surface area contributed by atoms with Gasteiger partial charge in [0, 0.05) is 25.4 Å². The second-order valence-electron chi connectivity index (χ2n) is 4.07. The lowest BCUT2D eigenvalue weighted by Gasteiger charge is -2.04. The highest BCUT2D eigenvalue weighted by Gasteiger charge is 2.05. The van der Waals surface area contributed by atoms with E-state index >= 15 is 0 Å². The van der Waals surface area contributed by atoms with Gasteiger partial charge in [0.05, 0.1) is 0 Å². The first-order chi connectivity index (χ1) is 7.22. The summed E-state index contributed by atoms with van der Waals surface area (Å²) in [6, 6.07) is 0.507. The lowest BCUT2D eigenvalue weighted by atomic mass is 10.2. The first kappa shape index (κ1) is 12.2. The largest absolute Gasteiger partial charge is 0.339 e. The highest BCUT2D eigenvalue weighted by atomic mass is 16.5. The van der Waals surface area contributed by atoms with Gasteiger partial charge in [-0.1, -0.05) is 32.3 Å². The number of aryl methyl sites for hydroxylation is 1. The van der Waals surface area contributed by atoms with Gasteiger partial charge >= 0.3 is 0 Å². The molecule has 15 heavy (non-hydrogen) atoms. The van der Waals surface area contributed by atoms with Crippen molar-refractivity contribution >= 4 is 0 Å². The van der Waals surface area contributed by atoms with Crippen molar-refractivity contribution in [3.8, 4) is 0 Å². The monoisotopic (exact) mass is 211 g/mol. The van der Waals surface area contributed by atoms with E-state index in [0.717, 1.165) is 37.5 Å². The van der Waals surface area contributed by atoms with Crippen LogP contribution in [0.15, 0.2) is 4.52 Å². The molecule has 1 rings (SSSR count). The van der Waals surface area contributed by atoms with E-state index in [0.29, 0.717) is 6.04 Å². The molecule has 0 aliphatic heterocycles. The molecule has 1 aromatic heterocycles. The van der Waals surface area contributed by atoms with E-state index in [1.807, 2.05) is 0 Å². The van der Waals surface area contributed by atoms with E-state index in [4.69, 9.17) is 4.52 Å². The van der Waals surface area contributed by atoms with Crippen LogP contribution < -0.4 is 5.32 Å². The molecule has 0 aliphatic rings. The Hall–Kier alpha value is -0.900. The molecule has 0 radical (unpaired) electrons. The summed E-state index contributed by atoms with van der Waals surface area (Å²) in [5.41, 5.74) is 0. The number of hydrogen-bond acceptors (Lipinski definition) is 4. The molecule has 0 unspecified atom stereocenters. The maximum atomic E-state index is 5.14. The topological polar surface area (TPSA) is 51.0 Å². The van der Waals surface area contributed by atoms with Gasteiger partial charge in [-0.05, 0) is 6.42 Å². The van der Waals surface area contributed by atoms with Crippen LogP contribution in [-0.4, -0.2) is 22.7 Å². The number of nitrogens with one attached hydrogen (secondary N) is 1. The number of aromatic nitrogens is 2. The summed E-state index contributed by atoms with van der Waals surface area (Å²) in [5, 5.41) is 7.26. The molecule has 1 N–H and O–H groups in total. The Labute approximate surface area is 91.5 Å². The predicted molar refractivity (Wildman–Crippen MR) is 59.8 cm³/mol. The van der Waals surface area contributed by atoms with Crippen molar-refractivity contribution in [1.29, 1.82) is 0 Å². The normalized spacial score (nSPS) is 11.2. The Balaban J connectivity index is 2.26. The zero-order valence-corrected chi connectivity index (χ0v) is 9.92. The van der Waals surface area contributed by atoms with Gasteiger partial charge in [-0.25, -0.2) is 0 Å². The summed E-state index contributed by atoms with van der Waals surface area (Å²) in [7, 11) is 0. The minimum absolute atomic E-state index is 0.507. The van der Waals surface area contributed by atoms with E-state index in [1.54, 1.807) is 0 Å². The molecule has 4 heteroatoms. The Morgan fingerprint density at radius 3 is 2.80 bits per heavy atom. The van der Waals surface area contributed by atoms with Crippen LogP contribution in [-0.2, 0) is 12.8 Å². The summed E-state index contributed by atoms with van der Waals surface area (Å²) >= 11 is 0. The predicted octanol–water partition coefficient (Wildman–Crippen LogP) is 1.95. The Kier molecular flexibility index (Phi) is 5.32. The van der Waals surface area contributed by atoms with Gasteiger partial charge < -0.3 is 9.84 Å². The molecule has 0 amide bonds. The van der Waals surface area contributed by atoms with Crippen LogP contribution in [0, 0.1) is 0 Å². The Morgan fingerprint density at radius 1 is 1.33 bits per heavy atom. The molecular formula is C11H21N3O. The number of unbranched alkanes of at least 4 members (excludes halogenated alkanes) is 1. The number of nitrogens with zero attached hydrogens (tertiary/aromatic N) is 2. The standard InChI is InChI=1S/C11H21N3O/c1-4-5-6-10-13-11(15-14-10)7-8-12-9(2)3/h9,12H,4-8H2,1-3H3. The minimum Gasteiger partial charge on any atom is -0.339 e. The van der Waals surface area contributed by atoms with Gasteiger partial charge in [0.15, 0.2) is 5.82 Å². The third-order valence-electron chi connectivity index (χ3n) is 2.16. The third-order valence-corrected chi connectivity index (χ3v) is 2.16. The van der Waals surface area contributed by atoms with Gasteiger partial charge in [0.1, 0.15) is 0 Å². The summed E-state index contributed by atoms with van der Waals surface area (Å²) in [5.74, 6) is 1.59. The van der Waals surface area contributed by atoms with E-state index in [-0.39, 0.29) is 0 Å². The molecule has 0 fully saturated rings. The average Bonchev–Trinajstić information content (AvgIpc) is 2.62. The highest BCUT2D eigenvalue weighted by Crippen LogP contribution is 2.02. The molecule has 0 saturated carbocycles. The van der Waals surface area contributed by atoms with Crippen LogP contribution in [0.1, 0.15) is 45.3 Å². The third kappa shape index (κ3) is 4.93. The van der Waals surface area contributed by atoms with Crippen LogP contribution in [0.3, 0.4) is 0 Å². The highest BCUT2D eigenvalue weighted by molar-refractivity contribution is 4.87. The molecule has 0 saturated heterocycles. The molecule has 86 valence electrons. The van der Waals surface area contributed by atoms with Crippen molar-refractivity contribution in [2.45, 2.75) is 52.5 Å². The molecular weight excluding hydrogens is 190 g/mol. The molecule has 0 aromatic carbocycles. The molecule has 0 spiro atoms. The summed E-state index contributed by atoms with van der Waals surface area (Å²) in [6.45, 7) is 7.31. The first-order valence-corrected chi connectivity index (χ1v) is 5.77. The minimum atomic E-state index is 0.507. The summed E-state index contributed by atoms with van der Waals surface area (Å²) in [6.07, 6.45) is 4.04. The van der Waals surface area contributed by atoms with Crippen LogP contribution in [0.4, 0.5) is 0 Å². The second-order valence-corrected chi connectivity index (χ2v) is 4.07. The second kappa shape index (κ2) is 6.56. The zero-order chi connectivity index (χ0) is 11.1. The van der Waals surface area contributed by atoms with E-state index in [9.17, 15) is 0 Å². The first-order valence-electron chi connectivity index (χ1n) is 5.77. The fourth-order valence-corrected chi connectivity index (χ4v) is 1.30. The molecule has 0 aliphatic carbocycles. The maximum absolute atomic E-state index is 5.14. The van der Waals surface area contributed by atoms with Crippen molar-refractivity contribution in [1.82, 2.24) is 15.5 Å². The molecule has 0 atom stereocenters. The number of rotatable bonds is 7. The smallest absolute Gasteiger partial charge is 0.227 e. The van der Waals surface area contributed by atoms with Crippen molar-refractivity contribution < 1.29 is 4.52 Å². The molecule has 0 bridgehead atoms. The summed E-state index contributed by atoms with van der Waals surface area (Å²) < 4.78 is 5.14. The van der Waals surface area contributed by atoms with Gasteiger partial charge in [-0.2, -0.15) is 4.98 Å². The average molecular weight is 211 g/mol. The molecule has 1 heterocycles. The lowest BCUT2D eigenvalue weighted by molar-refractivity contribution is 0.368.